The maximum Gasteiger partial charge on any atom is 0.191 e. The molecule has 1 atom stereocenters. The summed E-state index contributed by atoms with van der Waals surface area (Å²) in [6, 6.07) is 9.30. The molecular weight excluding hydrogens is 410 g/mol. The van der Waals surface area contributed by atoms with Gasteiger partial charge in [-0.1, -0.05) is 12.1 Å². The molecule has 2 N–H and O–H groups in total. The molecule has 4 heterocycles. The molecule has 7 heteroatoms. The first-order chi connectivity index (χ1) is 14.8. The minimum atomic E-state index is 0.451. The van der Waals surface area contributed by atoms with Crippen LogP contribution in [0.3, 0.4) is 0 Å². The zero-order valence-electron chi connectivity index (χ0n) is 18.1. The van der Waals surface area contributed by atoms with Crippen molar-refractivity contribution in [1.29, 1.82) is 0 Å². The Morgan fingerprint density at radius 1 is 1.07 bits per heavy atom. The number of thiophene rings is 2. The second kappa shape index (κ2) is 11.3. The zero-order valence-corrected chi connectivity index (χ0v) is 19.7. The van der Waals surface area contributed by atoms with Crippen LogP contribution in [0.4, 0.5) is 0 Å². The summed E-state index contributed by atoms with van der Waals surface area (Å²) in [4.78, 5) is 12.6. The molecule has 2 aliphatic rings. The highest BCUT2D eigenvalue weighted by Crippen LogP contribution is 2.27. The number of likely N-dealkylation sites (tertiary alicyclic amines) is 2. The zero-order chi connectivity index (χ0) is 20.6. The Morgan fingerprint density at radius 2 is 1.83 bits per heavy atom. The van der Waals surface area contributed by atoms with Gasteiger partial charge in [0.2, 0.25) is 0 Å². The fraction of sp³-hybridized carbons (Fsp3) is 0.609. The van der Waals surface area contributed by atoms with Crippen LogP contribution in [0, 0.1) is 5.92 Å². The Bertz CT molecular complexity index is 745. The molecular formula is C23H35N5S2. The molecule has 0 bridgehead atoms. The first kappa shape index (κ1) is 21.8. The van der Waals surface area contributed by atoms with Crippen molar-refractivity contribution in [3.05, 3.63) is 44.8 Å². The van der Waals surface area contributed by atoms with Gasteiger partial charge in [0.25, 0.3) is 0 Å². The molecule has 0 amide bonds. The van der Waals surface area contributed by atoms with Crippen molar-refractivity contribution in [2.45, 2.75) is 38.3 Å². The van der Waals surface area contributed by atoms with Crippen LogP contribution in [0.1, 0.15) is 41.5 Å². The number of rotatable bonds is 8. The van der Waals surface area contributed by atoms with E-state index in [1.165, 1.54) is 61.6 Å². The fourth-order valence-corrected chi connectivity index (χ4v) is 6.18. The fourth-order valence-electron chi connectivity index (χ4n) is 4.57. The molecule has 0 radical (unpaired) electrons. The van der Waals surface area contributed by atoms with Crippen LogP contribution in [0.2, 0.25) is 0 Å². The van der Waals surface area contributed by atoms with Gasteiger partial charge in [0.05, 0.1) is 6.04 Å². The number of guanidine groups is 1. The number of nitrogens with one attached hydrogen (secondary N) is 2. The van der Waals surface area contributed by atoms with Gasteiger partial charge in [-0.3, -0.25) is 14.8 Å². The lowest BCUT2D eigenvalue weighted by molar-refractivity contribution is 0.179. The van der Waals surface area contributed by atoms with Crippen molar-refractivity contribution in [3.8, 4) is 0 Å². The summed E-state index contributed by atoms with van der Waals surface area (Å²) in [6.07, 6.45) is 5.17. The Kier molecular flexibility index (Phi) is 8.20. The van der Waals surface area contributed by atoms with E-state index in [1.807, 2.05) is 29.7 Å². The molecule has 0 aliphatic carbocycles. The molecule has 164 valence electrons. The largest absolute Gasteiger partial charge is 0.356 e. The van der Waals surface area contributed by atoms with E-state index in [0.29, 0.717) is 6.04 Å². The van der Waals surface area contributed by atoms with Gasteiger partial charge in [-0.2, -0.15) is 0 Å². The Hall–Kier alpha value is -1.41. The molecule has 1 unspecified atom stereocenters. The lowest BCUT2D eigenvalue weighted by atomic mass is 9.97. The molecule has 30 heavy (non-hydrogen) atoms. The highest BCUT2D eigenvalue weighted by molar-refractivity contribution is 7.10. The van der Waals surface area contributed by atoms with Crippen molar-refractivity contribution in [3.63, 3.8) is 0 Å². The van der Waals surface area contributed by atoms with E-state index in [0.717, 1.165) is 31.5 Å². The van der Waals surface area contributed by atoms with Crippen LogP contribution in [0.15, 0.2) is 40.0 Å². The van der Waals surface area contributed by atoms with Crippen LogP contribution in [-0.4, -0.2) is 62.1 Å². The summed E-state index contributed by atoms with van der Waals surface area (Å²) in [5, 5.41) is 11.6. The average Bonchev–Trinajstić information content (AvgIpc) is 3.56. The topological polar surface area (TPSA) is 42.9 Å². The highest BCUT2D eigenvalue weighted by atomic mass is 32.1. The van der Waals surface area contributed by atoms with Crippen LogP contribution in [-0.2, 0) is 6.54 Å². The first-order valence-corrected chi connectivity index (χ1v) is 13.0. The molecule has 4 rings (SSSR count). The Morgan fingerprint density at radius 3 is 2.50 bits per heavy atom. The summed E-state index contributed by atoms with van der Waals surface area (Å²) < 4.78 is 0. The number of hydrogen-bond acceptors (Lipinski definition) is 5. The third-order valence-electron chi connectivity index (χ3n) is 6.36. The molecule has 2 saturated heterocycles. The predicted molar refractivity (Wildman–Crippen MR) is 130 cm³/mol. The third-order valence-corrected chi connectivity index (χ3v) is 8.20. The standard InChI is InChI=1S/C23H35N5S2/c1-24-23(26-17-21(22-7-5-15-30-22)28-10-2-3-11-28)25-16-19-8-12-27(13-9-19)18-20-6-4-14-29-20/h4-7,14-15,19,21H,2-3,8-13,16-18H2,1H3,(H2,24,25,26). The van der Waals surface area contributed by atoms with Crippen molar-refractivity contribution < 1.29 is 0 Å². The minimum absolute atomic E-state index is 0.451. The van der Waals surface area contributed by atoms with Crippen molar-refractivity contribution in [2.75, 3.05) is 46.3 Å². The Labute approximate surface area is 189 Å². The van der Waals surface area contributed by atoms with Gasteiger partial charge in [-0.25, -0.2) is 0 Å². The van der Waals surface area contributed by atoms with Crippen LogP contribution < -0.4 is 10.6 Å². The number of nitrogens with zero attached hydrogens (tertiary/aromatic N) is 3. The van der Waals surface area contributed by atoms with E-state index < -0.39 is 0 Å². The van der Waals surface area contributed by atoms with E-state index in [1.54, 1.807) is 0 Å². The molecule has 0 aromatic carbocycles. The van der Waals surface area contributed by atoms with Gasteiger partial charge in [-0.15, -0.1) is 22.7 Å². The smallest absolute Gasteiger partial charge is 0.191 e. The van der Waals surface area contributed by atoms with Crippen molar-refractivity contribution >= 4 is 28.6 Å². The summed E-state index contributed by atoms with van der Waals surface area (Å²) in [6.45, 7) is 7.86. The second-order valence-corrected chi connectivity index (χ2v) is 10.4. The monoisotopic (exact) mass is 445 g/mol. The minimum Gasteiger partial charge on any atom is -0.356 e. The quantitative estimate of drug-likeness (QED) is 0.476. The highest BCUT2D eigenvalue weighted by Gasteiger charge is 2.25. The predicted octanol–water partition coefficient (Wildman–Crippen LogP) is 4.02. The lowest BCUT2D eigenvalue weighted by Crippen LogP contribution is -2.45. The van der Waals surface area contributed by atoms with E-state index in [4.69, 9.17) is 0 Å². The van der Waals surface area contributed by atoms with Crippen LogP contribution >= 0.6 is 22.7 Å². The normalized spacial score (nSPS) is 20.5. The summed E-state index contributed by atoms with van der Waals surface area (Å²) in [5.74, 6) is 1.67. The summed E-state index contributed by atoms with van der Waals surface area (Å²) >= 11 is 3.74. The van der Waals surface area contributed by atoms with Crippen molar-refractivity contribution in [1.82, 2.24) is 20.4 Å². The lowest BCUT2D eigenvalue weighted by Gasteiger charge is -2.32. The average molecular weight is 446 g/mol. The van der Waals surface area contributed by atoms with E-state index in [9.17, 15) is 0 Å². The summed E-state index contributed by atoms with van der Waals surface area (Å²) in [7, 11) is 1.88. The SMILES string of the molecule is CN=C(NCC1CCN(Cc2cccs2)CC1)NCC(c1cccs1)N1CCCC1. The van der Waals surface area contributed by atoms with E-state index in [2.05, 4.69) is 60.5 Å². The van der Waals surface area contributed by atoms with Gasteiger partial charge in [0.15, 0.2) is 5.96 Å². The van der Waals surface area contributed by atoms with Gasteiger partial charge >= 0.3 is 0 Å². The molecule has 2 aromatic rings. The summed E-state index contributed by atoms with van der Waals surface area (Å²) in [5.41, 5.74) is 0. The molecule has 0 spiro atoms. The number of piperidine rings is 1. The molecule has 2 aromatic heterocycles. The van der Waals surface area contributed by atoms with E-state index >= 15 is 0 Å². The maximum atomic E-state index is 4.49. The van der Waals surface area contributed by atoms with Crippen molar-refractivity contribution in [2.24, 2.45) is 10.9 Å². The second-order valence-electron chi connectivity index (χ2n) is 8.41. The molecule has 5 nitrogen and oxygen atoms in total. The molecule has 2 aliphatic heterocycles. The third kappa shape index (κ3) is 6.06. The molecule has 0 saturated carbocycles. The van der Waals surface area contributed by atoms with Gasteiger partial charge < -0.3 is 10.6 Å². The van der Waals surface area contributed by atoms with Gasteiger partial charge in [0, 0.05) is 36.4 Å². The van der Waals surface area contributed by atoms with Gasteiger partial charge in [0.1, 0.15) is 0 Å². The number of aliphatic imine (C=N–C) groups is 1. The molecule has 2 fully saturated rings. The van der Waals surface area contributed by atoms with Crippen LogP contribution in [0.5, 0.6) is 0 Å². The van der Waals surface area contributed by atoms with E-state index in [-0.39, 0.29) is 0 Å². The maximum absolute atomic E-state index is 4.49. The van der Waals surface area contributed by atoms with Crippen LogP contribution in [0.25, 0.3) is 0 Å². The van der Waals surface area contributed by atoms with Gasteiger partial charge in [-0.05, 0) is 80.7 Å². The Balaban J connectivity index is 1.20. The number of hydrogen-bond donors (Lipinski definition) is 2. The first-order valence-electron chi connectivity index (χ1n) is 11.3.